The Bertz CT molecular complexity index is 2220. The highest BCUT2D eigenvalue weighted by Crippen LogP contribution is 2.49. The van der Waals surface area contributed by atoms with Crippen LogP contribution in [-0.4, -0.2) is 12.6 Å². The molecule has 41 heavy (non-hydrogen) atoms. The lowest BCUT2D eigenvalue weighted by atomic mass is 9.79. The first-order chi connectivity index (χ1) is 20.1. The summed E-state index contributed by atoms with van der Waals surface area (Å²) in [6, 6.07) is 27.7. The fourth-order valence-electron chi connectivity index (χ4n) is 7.15. The van der Waals surface area contributed by atoms with Gasteiger partial charge in [0.05, 0.1) is 11.4 Å². The number of hydrogen-bond acceptors (Lipinski definition) is 4. The van der Waals surface area contributed by atoms with Gasteiger partial charge in [-0.25, -0.2) is 0 Å². The molecular formula is C37H28N2O2. The van der Waals surface area contributed by atoms with E-state index in [0.29, 0.717) is 0 Å². The van der Waals surface area contributed by atoms with Crippen LogP contribution >= 0.6 is 0 Å². The van der Waals surface area contributed by atoms with Gasteiger partial charge >= 0.3 is 0 Å². The third kappa shape index (κ3) is 3.10. The maximum Gasteiger partial charge on any atom is 0.147 e. The predicted octanol–water partition coefficient (Wildman–Crippen LogP) is 8.84. The van der Waals surface area contributed by atoms with E-state index < -0.39 is 0 Å². The van der Waals surface area contributed by atoms with Crippen molar-refractivity contribution < 1.29 is 8.83 Å². The molecule has 0 saturated heterocycles. The van der Waals surface area contributed by atoms with Crippen LogP contribution in [0.3, 0.4) is 0 Å². The minimum atomic E-state index is -0.00350. The predicted molar refractivity (Wildman–Crippen MR) is 167 cm³/mol. The van der Waals surface area contributed by atoms with Crippen molar-refractivity contribution in [3.8, 4) is 11.1 Å². The Morgan fingerprint density at radius 1 is 0.756 bits per heavy atom. The topological polar surface area (TPSA) is 50.3 Å². The summed E-state index contributed by atoms with van der Waals surface area (Å²) in [5, 5.41) is 11.8. The molecule has 198 valence electrons. The molecule has 1 atom stereocenters. The Morgan fingerprint density at radius 2 is 1.51 bits per heavy atom. The molecule has 9 rings (SSSR count). The first kappa shape index (κ1) is 22.8. The van der Waals surface area contributed by atoms with E-state index in [1.807, 2.05) is 24.3 Å². The van der Waals surface area contributed by atoms with Gasteiger partial charge in [0.25, 0.3) is 0 Å². The number of rotatable bonds is 2. The van der Waals surface area contributed by atoms with Gasteiger partial charge in [-0.1, -0.05) is 86.7 Å². The molecule has 4 heterocycles. The number of dihydropyridines is 2. The number of benzene rings is 4. The Morgan fingerprint density at radius 3 is 2.39 bits per heavy atom. The van der Waals surface area contributed by atoms with Gasteiger partial charge in [-0.2, -0.15) is 0 Å². The second kappa shape index (κ2) is 8.05. The summed E-state index contributed by atoms with van der Waals surface area (Å²) >= 11 is 0. The fraction of sp³-hybridized carbons (Fsp3) is 0.135. The molecule has 0 spiro atoms. The van der Waals surface area contributed by atoms with Crippen molar-refractivity contribution in [1.82, 2.24) is 10.6 Å². The van der Waals surface area contributed by atoms with Crippen LogP contribution in [0.5, 0.6) is 0 Å². The van der Waals surface area contributed by atoms with E-state index in [4.69, 9.17) is 8.83 Å². The smallest absolute Gasteiger partial charge is 0.147 e. The number of fused-ring (bicyclic) bond motifs is 9. The van der Waals surface area contributed by atoms with E-state index in [-0.39, 0.29) is 11.5 Å². The zero-order valence-electron chi connectivity index (χ0n) is 22.9. The standard InChI is InChI=1S/C37H28N2O2/c1-37(2)27-13-8-18-38-33(27)34-28(37)16-17-29(39-34)22-10-7-9-21(19-22)25-20-26-23-11-3-5-14-30(23)40-36(26)32-24-12-4-6-15-31(24)41-35(25)32/h3-17,19-20,34,38-39H,18H2,1-2H3. The van der Waals surface area contributed by atoms with Crippen molar-refractivity contribution in [2.45, 2.75) is 19.9 Å². The number of furan rings is 2. The minimum absolute atomic E-state index is 0.00350. The zero-order valence-corrected chi connectivity index (χ0v) is 22.9. The normalized spacial score (nSPS) is 19.3. The maximum absolute atomic E-state index is 6.55. The summed E-state index contributed by atoms with van der Waals surface area (Å²) in [4.78, 5) is 0. The van der Waals surface area contributed by atoms with Gasteiger partial charge < -0.3 is 19.5 Å². The number of para-hydroxylation sites is 2. The van der Waals surface area contributed by atoms with Gasteiger partial charge in [-0.15, -0.1) is 0 Å². The van der Waals surface area contributed by atoms with Crippen molar-refractivity contribution in [3.63, 3.8) is 0 Å². The second-order valence-corrected chi connectivity index (χ2v) is 11.8. The summed E-state index contributed by atoms with van der Waals surface area (Å²) < 4.78 is 13.0. The highest BCUT2D eigenvalue weighted by molar-refractivity contribution is 6.25. The average Bonchev–Trinajstić information content (AvgIpc) is 3.65. The van der Waals surface area contributed by atoms with Gasteiger partial charge in [-0.05, 0) is 52.6 Å². The van der Waals surface area contributed by atoms with E-state index in [1.54, 1.807) is 0 Å². The van der Waals surface area contributed by atoms with Crippen LogP contribution in [0, 0.1) is 5.41 Å². The molecule has 0 fully saturated rings. The highest BCUT2D eigenvalue weighted by Gasteiger charge is 2.44. The van der Waals surface area contributed by atoms with E-state index in [1.165, 1.54) is 16.8 Å². The van der Waals surface area contributed by atoms with E-state index in [2.05, 4.69) is 103 Å². The molecule has 0 radical (unpaired) electrons. The molecule has 2 aliphatic heterocycles. The van der Waals surface area contributed by atoms with Gasteiger partial charge in [0.15, 0.2) is 0 Å². The minimum Gasteiger partial charge on any atom is -0.455 e. The van der Waals surface area contributed by atoms with Gasteiger partial charge in [0, 0.05) is 45.1 Å². The van der Waals surface area contributed by atoms with Crippen LogP contribution in [0.1, 0.15) is 19.4 Å². The molecule has 2 aromatic heterocycles. The third-order valence-corrected chi connectivity index (χ3v) is 9.18. The molecule has 0 bridgehead atoms. The Kier molecular flexibility index (Phi) is 4.48. The Balaban J connectivity index is 1.23. The van der Waals surface area contributed by atoms with Crippen LogP contribution in [0.2, 0.25) is 0 Å². The zero-order chi connectivity index (χ0) is 27.3. The average molecular weight is 533 g/mol. The monoisotopic (exact) mass is 532 g/mol. The third-order valence-electron chi connectivity index (χ3n) is 9.18. The van der Waals surface area contributed by atoms with E-state index in [0.717, 1.165) is 72.8 Å². The number of hydrogen-bond donors (Lipinski definition) is 2. The molecule has 4 aromatic carbocycles. The lowest BCUT2D eigenvalue weighted by molar-refractivity contribution is 0.542. The van der Waals surface area contributed by atoms with Gasteiger partial charge in [0.2, 0.25) is 0 Å². The van der Waals surface area contributed by atoms with Crippen molar-refractivity contribution >= 4 is 49.6 Å². The summed E-state index contributed by atoms with van der Waals surface area (Å²) in [6.07, 6.45) is 9.06. The first-order valence-electron chi connectivity index (χ1n) is 14.3. The van der Waals surface area contributed by atoms with Crippen LogP contribution in [0.15, 0.2) is 129 Å². The van der Waals surface area contributed by atoms with Crippen molar-refractivity contribution in [2.24, 2.45) is 5.41 Å². The second-order valence-electron chi connectivity index (χ2n) is 11.8. The van der Waals surface area contributed by atoms with Crippen molar-refractivity contribution in [1.29, 1.82) is 0 Å². The van der Waals surface area contributed by atoms with Gasteiger partial charge in [-0.3, -0.25) is 0 Å². The SMILES string of the molecule is CC1(C)C2=CC=C(c3cccc(-c4cc5c6ccccc6oc5c5c4oc4ccccc45)c3)NC2C2=C1C=CCN2. The molecule has 4 nitrogen and oxygen atoms in total. The number of allylic oxidation sites excluding steroid dienone is 4. The molecule has 1 aliphatic carbocycles. The van der Waals surface area contributed by atoms with Crippen LogP contribution in [0.4, 0.5) is 0 Å². The first-order valence-corrected chi connectivity index (χ1v) is 14.3. The molecule has 0 amide bonds. The quantitative estimate of drug-likeness (QED) is 0.234. The molecule has 4 heteroatoms. The highest BCUT2D eigenvalue weighted by atomic mass is 16.3. The summed E-state index contributed by atoms with van der Waals surface area (Å²) in [7, 11) is 0. The summed E-state index contributed by atoms with van der Waals surface area (Å²) in [5.74, 6) is 0. The lowest BCUT2D eigenvalue weighted by Gasteiger charge is -2.30. The maximum atomic E-state index is 6.55. The van der Waals surface area contributed by atoms with Gasteiger partial charge in [0.1, 0.15) is 22.3 Å². The lowest BCUT2D eigenvalue weighted by Crippen LogP contribution is -2.37. The van der Waals surface area contributed by atoms with Crippen molar-refractivity contribution in [2.75, 3.05) is 6.54 Å². The fourth-order valence-corrected chi connectivity index (χ4v) is 7.15. The molecular weight excluding hydrogens is 504 g/mol. The van der Waals surface area contributed by atoms with E-state index in [9.17, 15) is 0 Å². The van der Waals surface area contributed by atoms with Crippen LogP contribution in [0.25, 0.3) is 60.7 Å². The molecule has 1 unspecified atom stereocenters. The summed E-state index contributed by atoms with van der Waals surface area (Å²) in [6.45, 7) is 5.51. The van der Waals surface area contributed by atoms with Crippen LogP contribution in [-0.2, 0) is 0 Å². The number of nitrogens with one attached hydrogen (secondary N) is 2. The largest absolute Gasteiger partial charge is 0.455 e. The van der Waals surface area contributed by atoms with Crippen LogP contribution < -0.4 is 10.6 Å². The van der Waals surface area contributed by atoms with Crippen molar-refractivity contribution in [3.05, 3.63) is 126 Å². The Labute approximate surface area is 237 Å². The Hall–Kier alpha value is -4.96. The molecule has 3 aliphatic rings. The summed E-state index contributed by atoms with van der Waals surface area (Å²) in [5.41, 5.74) is 12.0. The molecule has 2 N–H and O–H groups in total. The molecule has 6 aromatic rings. The van der Waals surface area contributed by atoms with E-state index >= 15 is 0 Å². The molecule has 0 saturated carbocycles.